The molecule has 49 heavy (non-hydrogen) atoms. The van der Waals surface area contributed by atoms with E-state index in [1.54, 1.807) is 4.90 Å². The first-order chi connectivity index (χ1) is 23.9. The van der Waals surface area contributed by atoms with Gasteiger partial charge in [0.2, 0.25) is 5.91 Å². The SMILES string of the molecule is O=C(N[C@H](Cc1c[nH]c2ccccc12)C(=O)N1C[C@@H](CN2CCCC2)Cc2cc(Cl)ccc21)N1CCC(n2c(=O)[nH]c3ccccc32)CC1. The van der Waals surface area contributed by atoms with Crippen LogP contribution in [-0.2, 0) is 17.6 Å². The van der Waals surface area contributed by atoms with Crippen LogP contribution in [-0.4, -0.2) is 81.6 Å². The Morgan fingerprint density at radius 3 is 2.51 bits per heavy atom. The summed E-state index contributed by atoms with van der Waals surface area (Å²) in [6, 6.07) is 20.5. The summed E-state index contributed by atoms with van der Waals surface area (Å²) >= 11 is 6.47. The monoisotopic (exact) mass is 679 g/mol. The summed E-state index contributed by atoms with van der Waals surface area (Å²) in [4.78, 5) is 54.1. The number of nitrogens with zero attached hydrogens (tertiary/aromatic N) is 4. The number of fused-ring (bicyclic) bond motifs is 3. The quantitative estimate of drug-likeness (QED) is 0.204. The molecule has 3 N–H and O–H groups in total. The molecule has 3 amide bonds. The molecule has 5 heterocycles. The van der Waals surface area contributed by atoms with E-state index in [0.29, 0.717) is 43.9 Å². The maximum absolute atomic E-state index is 14.8. The molecule has 2 saturated heterocycles. The molecule has 10 nitrogen and oxygen atoms in total. The van der Waals surface area contributed by atoms with Gasteiger partial charge in [-0.15, -0.1) is 0 Å². The number of carbonyl (C=O) groups excluding carboxylic acids is 2. The van der Waals surface area contributed by atoms with Crippen molar-refractivity contribution in [1.29, 1.82) is 0 Å². The Kier molecular flexibility index (Phi) is 8.67. The standard InChI is InChI=1S/C38H42ClN7O3/c39-28-11-12-34-26(20-28)19-25(23-43-15-5-6-16-43)24-45(34)36(47)33(21-27-22-40-31-8-2-1-7-30(27)31)42-37(48)44-17-13-29(14-18-44)46-35-10-4-3-9-32(35)41-38(46)49/h1-4,7-12,20,22,25,29,33,40H,5-6,13-19,21,23-24H2,(H,41,49)(H,42,48)/t25-,33-/m1/s1. The Balaban J connectivity index is 1.04. The first-order valence-electron chi connectivity index (χ1n) is 17.5. The molecule has 0 radical (unpaired) electrons. The number of hydrogen-bond donors (Lipinski definition) is 3. The molecular weight excluding hydrogens is 638 g/mol. The third-order valence-corrected chi connectivity index (χ3v) is 10.9. The van der Waals surface area contributed by atoms with Crippen LogP contribution in [0.15, 0.2) is 77.7 Å². The molecule has 0 aliphatic carbocycles. The van der Waals surface area contributed by atoms with Crippen molar-refractivity contribution >= 4 is 51.2 Å². The van der Waals surface area contributed by atoms with Gasteiger partial charge in [-0.2, -0.15) is 0 Å². The number of amides is 3. The number of anilines is 1. The molecule has 3 aliphatic rings. The molecule has 0 spiro atoms. The van der Waals surface area contributed by atoms with Gasteiger partial charge in [0, 0.05) is 66.5 Å². The van der Waals surface area contributed by atoms with Gasteiger partial charge in [-0.25, -0.2) is 9.59 Å². The Bertz CT molecular complexity index is 2050. The van der Waals surface area contributed by atoms with Gasteiger partial charge in [-0.05, 0) is 98.6 Å². The van der Waals surface area contributed by atoms with Crippen LogP contribution in [0.4, 0.5) is 10.5 Å². The van der Waals surface area contributed by atoms with Crippen LogP contribution in [0.3, 0.4) is 0 Å². The zero-order valence-corrected chi connectivity index (χ0v) is 28.3. The lowest BCUT2D eigenvalue weighted by Crippen LogP contribution is -2.56. The largest absolute Gasteiger partial charge is 0.361 e. The van der Waals surface area contributed by atoms with E-state index in [4.69, 9.17) is 11.6 Å². The van der Waals surface area contributed by atoms with Crippen molar-refractivity contribution in [3.05, 3.63) is 99.6 Å². The number of piperidine rings is 1. The third kappa shape index (κ3) is 6.35. The van der Waals surface area contributed by atoms with Gasteiger partial charge in [0.1, 0.15) is 6.04 Å². The summed E-state index contributed by atoms with van der Waals surface area (Å²) in [5, 5.41) is 4.88. The second-order valence-corrected chi connectivity index (χ2v) is 14.3. The highest BCUT2D eigenvalue weighted by Gasteiger charge is 2.36. The molecular formula is C38H42ClN7O3. The van der Waals surface area contributed by atoms with E-state index < -0.39 is 6.04 Å². The average molecular weight is 680 g/mol. The molecule has 2 aromatic heterocycles. The predicted molar refractivity (Wildman–Crippen MR) is 193 cm³/mol. The number of halogens is 1. The van der Waals surface area contributed by atoms with Crippen molar-refractivity contribution in [1.82, 2.24) is 29.7 Å². The Morgan fingerprint density at radius 2 is 1.69 bits per heavy atom. The third-order valence-electron chi connectivity index (χ3n) is 10.7. The van der Waals surface area contributed by atoms with E-state index in [0.717, 1.165) is 64.8 Å². The summed E-state index contributed by atoms with van der Waals surface area (Å²) in [6.45, 7) is 4.69. The highest BCUT2D eigenvalue weighted by molar-refractivity contribution is 6.30. The summed E-state index contributed by atoms with van der Waals surface area (Å²) in [5.74, 6) is 0.151. The molecule has 5 aromatic rings. The number of likely N-dealkylation sites (tertiary alicyclic amines) is 2. The molecule has 0 bridgehead atoms. The fourth-order valence-corrected chi connectivity index (χ4v) is 8.48. The minimum absolute atomic E-state index is 0.0134. The van der Waals surface area contributed by atoms with E-state index in [-0.39, 0.29) is 29.6 Å². The smallest absolute Gasteiger partial charge is 0.326 e. The molecule has 3 aliphatic heterocycles. The molecule has 11 heteroatoms. The Labute approximate surface area is 290 Å². The molecule has 0 saturated carbocycles. The van der Waals surface area contributed by atoms with Crippen LogP contribution in [0.2, 0.25) is 5.02 Å². The van der Waals surface area contributed by atoms with Crippen LogP contribution >= 0.6 is 11.6 Å². The Hall–Kier alpha value is -4.54. The van der Waals surface area contributed by atoms with Crippen molar-refractivity contribution in [3.8, 4) is 0 Å². The lowest BCUT2D eigenvalue weighted by molar-refractivity contribution is -0.120. The number of para-hydroxylation sites is 3. The number of nitrogens with one attached hydrogen (secondary N) is 3. The fraction of sp³-hybridized carbons (Fsp3) is 0.395. The van der Waals surface area contributed by atoms with Gasteiger partial charge < -0.3 is 30.0 Å². The van der Waals surface area contributed by atoms with Gasteiger partial charge in [0.05, 0.1) is 11.0 Å². The number of imidazole rings is 1. The number of hydrogen-bond acceptors (Lipinski definition) is 4. The zero-order valence-electron chi connectivity index (χ0n) is 27.5. The minimum Gasteiger partial charge on any atom is -0.361 e. The van der Waals surface area contributed by atoms with Crippen LogP contribution in [0, 0.1) is 5.92 Å². The molecule has 2 atom stereocenters. The van der Waals surface area contributed by atoms with Crippen LogP contribution in [0.1, 0.15) is 42.9 Å². The topological polar surface area (TPSA) is 109 Å². The lowest BCUT2D eigenvalue weighted by Gasteiger charge is -2.39. The van der Waals surface area contributed by atoms with Crippen molar-refractivity contribution in [3.63, 3.8) is 0 Å². The van der Waals surface area contributed by atoms with Crippen molar-refractivity contribution in [2.45, 2.75) is 50.6 Å². The predicted octanol–water partition coefficient (Wildman–Crippen LogP) is 5.72. The molecule has 2 fully saturated rings. The number of benzene rings is 3. The van der Waals surface area contributed by atoms with Crippen LogP contribution in [0.5, 0.6) is 0 Å². The number of aromatic amines is 2. The van der Waals surface area contributed by atoms with Gasteiger partial charge in [-0.1, -0.05) is 41.9 Å². The normalized spacial score (nSPS) is 19.4. The first kappa shape index (κ1) is 31.7. The Morgan fingerprint density at radius 1 is 0.939 bits per heavy atom. The minimum atomic E-state index is -0.783. The fourth-order valence-electron chi connectivity index (χ4n) is 8.29. The lowest BCUT2D eigenvalue weighted by atomic mass is 9.91. The van der Waals surface area contributed by atoms with Gasteiger partial charge in [-0.3, -0.25) is 9.36 Å². The molecule has 8 rings (SSSR count). The van der Waals surface area contributed by atoms with Crippen LogP contribution < -0.4 is 15.9 Å². The van der Waals surface area contributed by atoms with Crippen molar-refractivity contribution in [2.24, 2.45) is 5.92 Å². The van der Waals surface area contributed by atoms with Gasteiger partial charge >= 0.3 is 11.7 Å². The second kappa shape index (κ2) is 13.4. The zero-order chi connectivity index (χ0) is 33.5. The van der Waals surface area contributed by atoms with E-state index in [9.17, 15) is 14.4 Å². The summed E-state index contributed by atoms with van der Waals surface area (Å²) in [7, 11) is 0. The molecule has 0 unspecified atom stereocenters. The maximum Gasteiger partial charge on any atom is 0.326 e. The first-order valence-corrected chi connectivity index (χ1v) is 17.9. The maximum atomic E-state index is 14.8. The summed E-state index contributed by atoms with van der Waals surface area (Å²) in [5.41, 5.74) is 5.49. The highest BCUT2D eigenvalue weighted by Crippen LogP contribution is 2.34. The second-order valence-electron chi connectivity index (χ2n) is 13.9. The number of rotatable bonds is 7. The van der Waals surface area contributed by atoms with Crippen LogP contribution in [0.25, 0.3) is 21.9 Å². The van der Waals surface area contributed by atoms with Crippen molar-refractivity contribution in [2.75, 3.05) is 44.2 Å². The van der Waals surface area contributed by atoms with E-state index >= 15 is 0 Å². The van der Waals surface area contributed by atoms with E-state index in [2.05, 4.69) is 20.2 Å². The van der Waals surface area contributed by atoms with Crippen molar-refractivity contribution < 1.29 is 9.59 Å². The molecule has 254 valence electrons. The molecule has 3 aromatic carbocycles. The number of carbonyl (C=O) groups is 2. The van der Waals surface area contributed by atoms with E-state index in [1.165, 1.54) is 12.8 Å². The van der Waals surface area contributed by atoms with Gasteiger partial charge in [0.15, 0.2) is 0 Å². The van der Waals surface area contributed by atoms with Gasteiger partial charge in [0.25, 0.3) is 0 Å². The number of H-pyrrole nitrogens is 2. The summed E-state index contributed by atoms with van der Waals surface area (Å²) in [6.07, 6.45) is 6.89. The number of aromatic nitrogens is 3. The van der Waals surface area contributed by atoms with E-state index in [1.807, 2.05) is 82.4 Å². The number of urea groups is 1. The summed E-state index contributed by atoms with van der Waals surface area (Å²) < 4.78 is 1.83. The average Bonchev–Trinajstić information content (AvgIpc) is 3.86. The highest BCUT2D eigenvalue weighted by atomic mass is 35.5.